The molecule has 0 heterocycles. The molecule has 1 aromatic carbocycles. The number of aryl methyl sites for hydroxylation is 1. The van der Waals surface area contributed by atoms with Crippen LogP contribution in [0, 0.1) is 5.41 Å². The van der Waals surface area contributed by atoms with E-state index < -0.39 is 16.0 Å². The standard InChI is InChI=1S/C20H30F2N2OS/c1-14(2)15-7-8-17-16(13-15)9-12-20(23-24-26(21,22)25)18(3,4)10-6-11-19(17,20)5/h7-8,13-14,23H,6,9-12H2,1-5H3/t19-,20-/m1/s1. The molecule has 26 heavy (non-hydrogen) atoms. The molecular formula is C20H30F2N2OS. The first-order valence-electron chi connectivity index (χ1n) is 9.48. The van der Waals surface area contributed by atoms with E-state index in [2.05, 4.69) is 62.7 Å². The SMILES string of the molecule is CC(C)c1ccc2c(c1)CC[C@@]1(NN=S(=O)(F)F)C(C)(C)CCC[C@]21C. The van der Waals surface area contributed by atoms with Gasteiger partial charge in [-0.1, -0.05) is 71.5 Å². The Morgan fingerprint density at radius 3 is 2.46 bits per heavy atom. The van der Waals surface area contributed by atoms with E-state index in [1.54, 1.807) is 0 Å². The van der Waals surface area contributed by atoms with Crippen LogP contribution in [0.25, 0.3) is 0 Å². The van der Waals surface area contributed by atoms with Crippen molar-refractivity contribution in [2.45, 2.75) is 83.6 Å². The number of rotatable bonds is 3. The summed E-state index contributed by atoms with van der Waals surface area (Å²) in [5, 5.41) is 0. The lowest BCUT2D eigenvalue weighted by Crippen LogP contribution is -2.69. The third kappa shape index (κ3) is 2.99. The predicted molar refractivity (Wildman–Crippen MR) is 102 cm³/mol. The minimum absolute atomic E-state index is 0.234. The fourth-order valence-electron chi connectivity index (χ4n) is 5.54. The molecule has 1 saturated carbocycles. The van der Waals surface area contributed by atoms with Crippen molar-refractivity contribution < 1.29 is 12.0 Å². The van der Waals surface area contributed by atoms with Crippen molar-refractivity contribution in [3.05, 3.63) is 34.9 Å². The third-order valence-corrected chi connectivity index (χ3v) is 7.38. The van der Waals surface area contributed by atoms with Crippen LogP contribution in [0.2, 0.25) is 0 Å². The fourth-order valence-corrected chi connectivity index (χ4v) is 5.80. The second kappa shape index (κ2) is 6.26. The van der Waals surface area contributed by atoms with Crippen LogP contribution in [0.3, 0.4) is 0 Å². The Labute approximate surface area is 156 Å². The first-order valence-corrected chi connectivity index (χ1v) is 10.8. The molecule has 0 spiro atoms. The number of halogens is 2. The van der Waals surface area contributed by atoms with Crippen molar-refractivity contribution in [1.29, 1.82) is 0 Å². The van der Waals surface area contributed by atoms with Crippen LogP contribution in [-0.4, -0.2) is 9.75 Å². The van der Waals surface area contributed by atoms with Crippen LogP contribution >= 0.6 is 0 Å². The molecule has 0 unspecified atom stereocenters. The van der Waals surface area contributed by atoms with Gasteiger partial charge in [0, 0.05) is 5.41 Å². The molecule has 2 aliphatic rings. The molecule has 0 radical (unpaired) electrons. The Morgan fingerprint density at radius 1 is 1.15 bits per heavy atom. The molecule has 6 heteroatoms. The summed E-state index contributed by atoms with van der Waals surface area (Å²) >= 11 is 0. The number of hydrogen-bond acceptors (Lipinski definition) is 2. The van der Waals surface area contributed by atoms with Crippen LogP contribution in [0.15, 0.2) is 22.7 Å². The van der Waals surface area contributed by atoms with Crippen molar-refractivity contribution in [2.24, 2.45) is 9.89 Å². The summed E-state index contributed by atoms with van der Waals surface area (Å²) in [5.41, 5.74) is 5.44. The Kier molecular flexibility index (Phi) is 4.76. The zero-order valence-corrected chi connectivity index (χ0v) is 17.2. The maximum absolute atomic E-state index is 13.1. The fraction of sp³-hybridized carbons (Fsp3) is 0.700. The largest absolute Gasteiger partial charge is 0.383 e. The summed E-state index contributed by atoms with van der Waals surface area (Å²) in [4.78, 5) is 0. The monoisotopic (exact) mass is 384 g/mol. The van der Waals surface area contributed by atoms with Crippen LogP contribution in [-0.2, 0) is 22.3 Å². The lowest BCUT2D eigenvalue weighted by atomic mass is 9.45. The first kappa shape index (κ1) is 19.7. The van der Waals surface area contributed by atoms with Gasteiger partial charge in [-0.2, -0.15) is 9.63 Å². The number of hydrogen-bond donors (Lipinski definition) is 1. The van der Waals surface area contributed by atoms with E-state index in [0.717, 1.165) is 25.7 Å². The van der Waals surface area contributed by atoms with E-state index in [9.17, 15) is 12.0 Å². The minimum atomic E-state index is -5.19. The molecule has 2 aliphatic carbocycles. The van der Waals surface area contributed by atoms with Crippen molar-refractivity contribution in [3.8, 4) is 0 Å². The van der Waals surface area contributed by atoms with Crippen LogP contribution in [0.4, 0.5) is 7.77 Å². The lowest BCUT2D eigenvalue weighted by molar-refractivity contribution is -0.0230. The highest BCUT2D eigenvalue weighted by Gasteiger charge is 2.61. The molecule has 146 valence electrons. The molecule has 0 aliphatic heterocycles. The highest BCUT2D eigenvalue weighted by Crippen LogP contribution is 2.59. The molecule has 2 atom stereocenters. The highest BCUT2D eigenvalue weighted by molar-refractivity contribution is 7.83. The predicted octanol–water partition coefficient (Wildman–Crippen LogP) is 5.70. The third-order valence-electron chi connectivity index (χ3n) is 7.08. The molecule has 3 rings (SSSR count). The first-order chi connectivity index (χ1) is 11.9. The van der Waals surface area contributed by atoms with Gasteiger partial charge in [-0.15, -0.1) is 0 Å². The molecule has 0 aromatic heterocycles. The minimum Gasteiger partial charge on any atom is -0.193 e. The topological polar surface area (TPSA) is 41.5 Å². The Morgan fingerprint density at radius 2 is 1.85 bits per heavy atom. The van der Waals surface area contributed by atoms with Crippen molar-refractivity contribution in [3.63, 3.8) is 0 Å². The average molecular weight is 385 g/mol. The second-order valence-corrected chi connectivity index (χ2v) is 10.1. The highest BCUT2D eigenvalue weighted by atomic mass is 32.3. The van der Waals surface area contributed by atoms with E-state index in [1.165, 1.54) is 16.7 Å². The van der Waals surface area contributed by atoms with Crippen molar-refractivity contribution in [2.75, 3.05) is 0 Å². The van der Waals surface area contributed by atoms with Crippen molar-refractivity contribution in [1.82, 2.24) is 5.43 Å². The van der Waals surface area contributed by atoms with Crippen molar-refractivity contribution >= 4 is 10.5 Å². The summed E-state index contributed by atoms with van der Waals surface area (Å²) in [6, 6.07) is 6.63. The maximum atomic E-state index is 13.1. The van der Waals surface area contributed by atoms with Gasteiger partial charge >= 0.3 is 10.5 Å². The Bertz CT molecular complexity index is 821. The van der Waals surface area contributed by atoms with Crippen LogP contribution < -0.4 is 5.43 Å². The van der Waals surface area contributed by atoms with Gasteiger partial charge in [0.25, 0.3) is 0 Å². The summed E-state index contributed by atoms with van der Waals surface area (Å²) in [6.07, 6.45) is 4.41. The van der Waals surface area contributed by atoms with E-state index in [1.807, 2.05) is 0 Å². The van der Waals surface area contributed by atoms with Gasteiger partial charge in [0.15, 0.2) is 0 Å². The number of nitrogens with one attached hydrogen (secondary N) is 1. The van der Waals surface area contributed by atoms with Gasteiger partial charge in [-0.05, 0) is 53.7 Å². The smallest absolute Gasteiger partial charge is 0.193 e. The summed E-state index contributed by atoms with van der Waals surface area (Å²) < 4.78 is 40.5. The number of nitrogens with zero attached hydrogens (tertiary/aromatic N) is 1. The average Bonchev–Trinajstić information content (AvgIpc) is 2.52. The molecule has 1 aromatic rings. The Hall–Kier alpha value is -1.01. The van der Waals surface area contributed by atoms with Gasteiger partial charge in [-0.3, -0.25) is 0 Å². The van der Waals surface area contributed by atoms with E-state index >= 15 is 0 Å². The Balaban J connectivity index is 2.18. The zero-order chi connectivity index (χ0) is 19.4. The van der Waals surface area contributed by atoms with Gasteiger partial charge < -0.3 is 0 Å². The lowest BCUT2D eigenvalue weighted by Gasteiger charge is -2.62. The van der Waals surface area contributed by atoms with Crippen LogP contribution in [0.5, 0.6) is 0 Å². The van der Waals surface area contributed by atoms with E-state index in [0.29, 0.717) is 12.3 Å². The summed E-state index contributed by atoms with van der Waals surface area (Å²) in [5.74, 6) is 0.457. The molecule has 0 saturated heterocycles. The summed E-state index contributed by atoms with van der Waals surface area (Å²) in [7, 11) is -5.19. The van der Waals surface area contributed by atoms with Gasteiger partial charge in [0.1, 0.15) is 0 Å². The van der Waals surface area contributed by atoms with E-state index in [4.69, 9.17) is 0 Å². The van der Waals surface area contributed by atoms with E-state index in [-0.39, 0.29) is 10.8 Å². The molecule has 0 amide bonds. The van der Waals surface area contributed by atoms with Gasteiger partial charge in [-0.25, -0.2) is 0 Å². The molecule has 3 nitrogen and oxygen atoms in total. The zero-order valence-electron chi connectivity index (χ0n) is 16.4. The molecule has 0 bridgehead atoms. The summed E-state index contributed by atoms with van der Waals surface area (Å²) in [6.45, 7) is 10.8. The maximum Gasteiger partial charge on any atom is 0.383 e. The normalized spacial score (nSPS) is 30.6. The number of fused-ring (bicyclic) bond motifs is 3. The van der Waals surface area contributed by atoms with Crippen LogP contribution in [0.1, 0.15) is 82.9 Å². The second-order valence-electron chi connectivity index (χ2n) is 9.15. The number of benzene rings is 1. The quantitative estimate of drug-likeness (QED) is 0.536. The molecular weight excluding hydrogens is 354 g/mol. The molecule has 1 N–H and O–H groups in total. The van der Waals surface area contributed by atoms with Gasteiger partial charge in [0.2, 0.25) is 0 Å². The van der Waals surface area contributed by atoms with Gasteiger partial charge in [0.05, 0.1) is 5.54 Å². The molecule has 1 fully saturated rings.